The number of benzene rings is 2. The van der Waals surface area contributed by atoms with Gasteiger partial charge in [-0.3, -0.25) is 4.79 Å². The summed E-state index contributed by atoms with van der Waals surface area (Å²) in [4.78, 5) is 12.4. The summed E-state index contributed by atoms with van der Waals surface area (Å²) in [6.07, 6.45) is 0. The van der Waals surface area contributed by atoms with E-state index in [1.807, 2.05) is 0 Å². The number of nitrogens with one attached hydrogen (secondary N) is 1. The molecule has 7 heteroatoms. The van der Waals surface area contributed by atoms with Crippen LogP contribution in [0.3, 0.4) is 0 Å². The molecule has 0 aliphatic rings. The summed E-state index contributed by atoms with van der Waals surface area (Å²) < 4.78 is 20.7. The number of ether oxygens (including phenoxy) is 4. The molecule has 128 valence electrons. The maximum atomic E-state index is 12.4. The molecule has 0 heterocycles. The monoisotopic (exact) mass is 351 g/mol. The van der Waals surface area contributed by atoms with Gasteiger partial charge in [0, 0.05) is 17.3 Å². The molecule has 0 spiro atoms. The van der Waals surface area contributed by atoms with Crippen LogP contribution in [0, 0.1) is 0 Å². The van der Waals surface area contributed by atoms with Gasteiger partial charge >= 0.3 is 0 Å². The van der Waals surface area contributed by atoms with Crippen LogP contribution in [0.4, 0.5) is 5.69 Å². The minimum atomic E-state index is -0.343. The lowest BCUT2D eigenvalue weighted by Gasteiger charge is -2.13. The van der Waals surface area contributed by atoms with Gasteiger partial charge in [0.15, 0.2) is 23.0 Å². The number of carbonyl (C=O) groups is 1. The van der Waals surface area contributed by atoms with E-state index < -0.39 is 0 Å². The summed E-state index contributed by atoms with van der Waals surface area (Å²) in [5, 5.41) is 3.06. The van der Waals surface area contributed by atoms with Crippen LogP contribution in [0.25, 0.3) is 0 Å². The highest BCUT2D eigenvalue weighted by Crippen LogP contribution is 2.36. The third-order valence-electron chi connectivity index (χ3n) is 3.34. The van der Waals surface area contributed by atoms with Crippen molar-refractivity contribution in [1.29, 1.82) is 0 Å². The van der Waals surface area contributed by atoms with Gasteiger partial charge < -0.3 is 24.3 Å². The Balaban J connectivity index is 2.28. The summed E-state index contributed by atoms with van der Waals surface area (Å²) >= 11 is 6.13. The summed E-state index contributed by atoms with van der Waals surface area (Å²) in [6.45, 7) is 0. The molecule has 0 saturated heterocycles. The predicted octanol–water partition coefficient (Wildman–Crippen LogP) is 3.63. The van der Waals surface area contributed by atoms with Gasteiger partial charge in [-0.25, -0.2) is 0 Å². The maximum Gasteiger partial charge on any atom is 0.255 e. The van der Waals surface area contributed by atoms with Crippen molar-refractivity contribution < 1.29 is 23.7 Å². The standard InChI is InChI=1S/C17H18ClNO5/c1-21-13-6-5-11(9-14(13)22-2)19-17(20)10-7-12(18)16(24-4)15(8-10)23-3/h5-9H,1-4H3,(H,19,20). The van der Waals surface area contributed by atoms with Gasteiger partial charge in [-0.05, 0) is 24.3 Å². The van der Waals surface area contributed by atoms with Crippen molar-refractivity contribution in [2.24, 2.45) is 0 Å². The van der Waals surface area contributed by atoms with E-state index in [0.29, 0.717) is 34.2 Å². The number of carbonyl (C=O) groups excluding carboxylic acids is 1. The first-order chi connectivity index (χ1) is 11.5. The molecule has 0 radical (unpaired) electrons. The van der Waals surface area contributed by atoms with E-state index in [2.05, 4.69) is 5.32 Å². The van der Waals surface area contributed by atoms with Crippen LogP contribution in [-0.2, 0) is 0 Å². The Morgan fingerprint density at radius 3 is 2.12 bits per heavy atom. The molecule has 2 aromatic rings. The summed E-state index contributed by atoms with van der Waals surface area (Å²) in [5.41, 5.74) is 0.899. The lowest BCUT2D eigenvalue weighted by molar-refractivity contribution is 0.102. The lowest BCUT2D eigenvalue weighted by atomic mass is 10.1. The highest BCUT2D eigenvalue weighted by molar-refractivity contribution is 6.32. The van der Waals surface area contributed by atoms with Gasteiger partial charge in [0.1, 0.15) is 0 Å². The molecule has 0 bridgehead atoms. The zero-order valence-corrected chi connectivity index (χ0v) is 14.6. The second-order valence-corrected chi connectivity index (χ2v) is 5.12. The molecule has 1 amide bonds. The van der Waals surface area contributed by atoms with Gasteiger partial charge in [-0.1, -0.05) is 11.6 Å². The van der Waals surface area contributed by atoms with Crippen molar-refractivity contribution in [1.82, 2.24) is 0 Å². The van der Waals surface area contributed by atoms with Crippen molar-refractivity contribution in [3.8, 4) is 23.0 Å². The molecule has 0 unspecified atom stereocenters. The topological polar surface area (TPSA) is 66.0 Å². The van der Waals surface area contributed by atoms with E-state index in [-0.39, 0.29) is 10.9 Å². The van der Waals surface area contributed by atoms with Gasteiger partial charge in [0.25, 0.3) is 5.91 Å². The predicted molar refractivity (Wildman–Crippen MR) is 92.1 cm³/mol. The van der Waals surface area contributed by atoms with Crippen LogP contribution >= 0.6 is 11.6 Å². The van der Waals surface area contributed by atoms with Crippen molar-refractivity contribution in [2.45, 2.75) is 0 Å². The third-order valence-corrected chi connectivity index (χ3v) is 3.62. The highest BCUT2D eigenvalue weighted by atomic mass is 35.5. The maximum absolute atomic E-state index is 12.4. The first kappa shape index (κ1) is 17.7. The van der Waals surface area contributed by atoms with Crippen LogP contribution in [0.5, 0.6) is 23.0 Å². The fourth-order valence-electron chi connectivity index (χ4n) is 2.17. The van der Waals surface area contributed by atoms with Crippen molar-refractivity contribution in [2.75, 3.05) is 33.8 Å². The number of rotatable bonds is 6. The van der Waals surface area contributed by atoms with Gasteiger partial charge in [-0.2, -0.15) is 0 Å². The molecule has 0 aromatic heterocycles. The number of methoxy groups -OCH3 is 4. The average Bonchev–Trinajstić information content (AvgIpc) is 2.60. The molecule has 0 atom stereocenters. The summed E-state index contributed by atoms with van der Waals surface area (Å²) in [7, 11) is 6.02. The molecular formula is C17H18ClNO5. The van der Waals surface area contributed by atoms with Gasteiger partial charge in [-0.15, -0.1) is 0 Å². The fourth-order valence-corrected chi connectivity index (χ4v) is 2.45. The van der Waals surface area contributed by atoms with Crippen molar-refractivity contribution >= 4 is 23.2 Å². The summed E-state index contributed by atoms with van der Waals surface area (Å²) in [6, 6.07) is 8.15. The Bertz CT molecular complexity index is 748. The Kier molecular flexibility index (Phi) is 5.76. The molecule has 6 nitrogen and oxygen atoms in total. The van der Waals surface area contributed by atoms with Crippen molar-refractivity contribution in [3.05, 3.63) is 40.9 Å². The zero-order valence-electron chi connectivity index (χ0n) is 13.8. The number of hydrogen-bond donors (Lipinski definition) is 1. The number of hydrogen-bond acceptors (Lipinski definition) is 5. The minimum absolute atomic E-state index is 0.286. The van der Waals surface area contributed by atoms with Gasteiger partial charge in [0.2, 0.25) is 0 Å². The molecule has 0 aliphatic carbocycles. The minimum Gasteiger partial charge on any atom is -0.493 e. The van der Waals surface area contributed by atoms with Crippen LogP contribution in [-0.4, -0.2) is 34.3 Å². The first-order valence-electron chi connectivity index (χ1n) is 6.99. The molecule has 0 saturated carbocycles. The zero-order chi connectivity index (χ0) is 17.7. The van der Waals surface area contributed by atoms with Gasteiger partial charge in [0.05, 0.1) is 33.5 Å². The van der Waals surface area contributed by atoms with E-state index in [4.69, 9.17) is 30.5 Å². The van der Waals surface area contributed by atoms with E-state index in [9.17, 15) is 4.79 Å². The summed E-state index contributed by atoms with van der Waals surface area (Å²) in [5.74, 6) is 1.50. The fraction of sp³-hybridized carbons (Fsp3) is 0.235. The lowest BCUT2D eigenvalue weighted by Crippen LogP contribution is -2.12. The molecule has 0 aliphatic heterocycles. The molecule has 2 rings (SSSR count). The normalized spacial score (nSPS) is 10.0. The van der Waals surface area contributed by atoms with Crippen LogP contribution in [0.1, 0.15) is 10.4 Å². The Hall–Kier alpha value is -2.60. The molecule has 24 heavy (non-hydrogen) atoms. The van der Waals surface area contributed by atoms with E-state index >= 15 is 0 Å². The smallest absolute Gasteiger partial charge is 0.255 e. The van der Waals surface area contributed by atoms with Crippen LogP contribution in [0.15, 0.2) is 30.3 Å². The Morgan fingerprint density at radius 1 is 0.875 bits per heavy atom. The number of halogens is 1. The van der Waals surface area contributed by atoms with Crippen molar-refractivity contribution in [3.63, 3.8) is 0 Å². The van der Waals surface area contributed by atoms with Crippen LogP contribution in [0.2, 0.25) is 5.02 Å². The quantitative estimate of drug-likeness (QED) is 0.860. The second kappa shape index (κ2) is 7.79. The SMILES string of the molecule is COc1ccc(NC(=O)c2cc(Cl)c(OC)c(OC)c2)cc1OC. The third kappa shape index (κ3) is 3.65. The van der Waals surface area contributed by atoms with E-state index in [1.54, 1.807) is 31.4 Å². The first-order valence-corrected chi connectivity index (χ1v) is 7.36. The number of anilines is 1. The van der Waals surface area contributed by atoms with E-state index in [1.165, 1.54) is 27.4 Å². The largest absolute Gasteiger partial charge is 0.493 e. The second-order valence-electron chi connectivity index (χ2n) is 4.72. The molecule has 2 aromatic carbocycles. The van der Waals surface area contributed by atoms with Crippen LogP contribution < -0.4 is 24.3 Å². The Morgan fingerprint density at radius 2 is 1.54 bits per heavy atom. The molecule has 1 N–H and O–H groups in total. The molecule has 0 fully saturated rings. The number of amides is 1. The highest BCUT2D eigenvalue weighted by Gasteiger charge is 2.16. The van der Waals surface area contributed by atoms with E-state index in [0.717, 1.165) is 0 Å². The average molecular weight is 352 g/mol. The Labute approximate surface area is 145 Å². The molecular weight excluding hydrogens is 334 g/mol.